The average molecular weight is 223 g/mol. The number of methoxy groups -OCH3 is 1. The van der Waals surface area contributed by atoms with Crippen molar-refractivity contribution in [3.63, 3.8) is 0 Å². The van der Waals surface area contributed by atoms with Crippen molar-refractivity contribution in [1.82, 2.24) is 0 Å². The molecule has 0 aromatic heterocycles. The SMILES string of the molecule is COc1ccc(C=NOCC(=O)O)cc1C. The summed E-state index contributed by atoms with van der Waals surface area (Å²) in [6.45, 7) is 1.47. The monoisotopic (exact) mass is 223 g/mol. The first kappa shape index (κ1) is 12.0. The van der Waals surface area contributed by atoms with Gasteiger partial charge in [0.1, 0.15) is 5.75 Å². The molecule has 0 radical (unpaired) electrons. The van der Waals surface area contributed by atoms with Crippen molar-refractivity contribution >= 4 is 12.2 Å². The lowest BCUT2D eigenvalue weighted by atomic mass is 10.1. The van der Waals surface area contributed by atoms with E-state index in [0.29, 0.717) is 0 Å². The molecule has 86 valence electrons. The van der Waals surface area contributed by atoms with Gasteiger partial charge in [-0.3, -0.25) is 0 Å². The summed E-state index contributed by atoms with van der Waals surface area (Å²) in [5.41, 5.74) is 1.80. The van der Waals surface area contributed by atoms with Gasteiger partial charge in [-0.25, -0.2) is 4.79 Å². The second-order valence-electron chi connectivity index (χ2n) is 3.13. The molecule has 0 heterocycles. The van der Waals surface area contributed by atoms with Gasteiger partial charge in [0.15, 0.2) is 0 Å². The van der Waals surface area contributed by atoms with Crippen molar-refractivity contribution in [1.29, 1.82) is 0 Å². The van der Waals surface area contributed by atoms with E-state index < -0.39 is 12.6 Å². The number of nitrogens with zero attached hydrogens (tertiary/aromatic N) is 1. The first-order chi connectivity index (χ1) is 7.63. The van der Waals surface area contributed by atoms with Crippen molar-refractivity contribution in [3.05, 3.63) is 29.3 Å². The van der Waals surface area contributed by atoms with Gasteiger partial charge in [-0.05, 0) is 36.2 Å². The Kier molecular flexibility index (Phi) is 4.32. The molecule has 5 heteroatoms. The van der Waals surface area contributed by atoms with Gasteiger partial charge in [0.05, 0.1) is 13.3 Å². The fourth-order valence-electron chi connectivity index (χ4n) is 1.17. The minimum absolute atomic E-state index is 0.439. The number of carboxylic acid groups (broad SMARTS) is 1. The topological polar surface area (TPSA) is 68.1 Å². The second kappa shape index (κ2) is 5.75. The molecule has 1 aromatic carbocycles. The van der Waals surface area contributed by atoms with Crippen molar-refractivity contribution in [3.8, 4) is 5.75 Å². The Morgan fingerprint density at radius 1 is 1.56 bits per heavy atom. The lowest BCUT2D eigenvalue weighted by Crippen LogP contribution is -2.03. The van der Waals surface area contributed by atoms with Gasteiger partial charge in [0.25, 0.3) is 0 Å². The molecular weight excluding hydrogens is 210 g/mol. The van der Waals surface area contributed by atoms with Crippen LogP contribution in [0.5, 0.6) is 5.75 Å². The number of ether oxygens (including phenoxy) is 1. The Hall–Kier alpha value is -2.04. The molecule has 0 aliphatic heterocycles. The van der Waals surface area contributed by atoms with E-state index in [9.17, 15) is 4.79 Å². The Labute approximate surface area is 93.3 Å². The van der Waals surface area contributed by atoms with Gasteiger partial charge in [-0.1, -0.05) is 5.16 Å². The molecule has 0 unspecified atom stereocenters. The molecule has 0 bridgehead atoms. The summed E-state index contributed by atoms with van der Waals surface area (Å²) in [7, 11) is 1.60. The van der Waals surface area contributed by atoms with Gasteiger partial charge >= 0.3 is 5.97 Å². The van der Waals surface area contributed by atoms with Crippen LogP contribution in [0.1, 0.15) is 11.1 Å². The average Bonchev–Trinajstić information content (AvgIpc) is 2.24. The maximum Gasteiger partial charge on any atom is 0.344 e. The van der Waals surface area contributed by atoms with Crippen molar-refractivity contribution in [2.75, 3.05) is 13.7 Å². The third kappa shape index (κ3) is 3.61. The number of oxime groups is 1. The highest BCUT2D eigenvalue weighted by Gasteiger charge is 1.98. The number of aryl methyl sites for hydroxylation is 1. The van der Waals surface area contributed by atoms with E-state index in [1.165, 1.54) is 6.21 Å². The highest BCUT2D eigenvalue weighted by molar-refractivity contribution is 5.80. The minimum atomic E-state index is -1.05. The zero-order valence-corrected chi connectivity index (χ0v) is 9.14. The minimum Gasteiger partial charge on any atom is -0.496 e. The number of hydrogen-bond donors (Lipinski definition) is 1. The molecule has 0 atom stereocenters. The number of hydrogen-bond acceptors (Lipinski definition) is 4. The zero-order chi connectivity index (χ0) is 12.0. The molecular formula is C11H13NO4. The maximum absolute atomic E-state index is 10.1. The zero-order valence-electron chi connectivity index (χ0n) is 9.14. The molecule has 0 spiro atoms. The molecule has 0 aliphatic carbocycles. The Balaban J connectivity index is 2.61. The number of benzene rings is 1. The van der Waals surface area contributed by atoms with Crippen LogP contribution in [0.15, 0.2) is 23.4 Å². The summed E-state index contributed by atoms with van der Waals surface area (Å²) in [6.07, 6.45) is 1.45. The molecule has 16 heavy (non-hydrogen) atoms. The van der Waals surface area contributed by atoms with Crippen molar-refractivity contribution in [2.45, 2.75) is 6.92 Å². The summed E-state index contributed by atoms with van der Waals surface area (Å²) in [6, 6.07) is 5.49. The number of carbonyl (C=O) groups is 1. The number of rotatable bonds is 5. The van der Waals surface area contributed by atoms with Crippen molar-refractivity contribution < 1.29 is 19.5 Å². The summed E-state index contributed by atoms with van der Waals surface area (Å²) in [4.78, 5) is 14.7. The van der Waals surface area contributed by atoms with Crippen LogP contribution in [0.4, 0.5) is 0 Å². The van der Waals surface area contributed by atoms with E-state index in [1.54, 1.807) is 13.2 Å². The lowest BCUT2D eigenvalue weighted by Gasteiger charge is -2.04. The quantitative estimate of drug-likeness (QED) is 0.605. The highest BCUT2D eigenvalue weighted by atomic mass is 16.6. The fraction of sp³-hybridized carbons (Fsp3) is 0.273. The molecule has 5 nitrogen and oxygen atoms in total. The smallest absolute Gasteiger partial charge is 0.344 e. The fourth-order valence-corrected chi connectivity index (χ4v) is 1.17. The molecule has 0 amide bonds. The molecule has 1 N–H and O–H groups in total. The molecule has 1 rings (SSSR count). The Bertz CT molecular complexity index is 401. The first-order valence-corrected chi connectivity index (χ1v) is 4.65. The van der Waals surface area contributed by atoms with Crippen LogP contribution in [0, 0.1) is 6.92 Å². The summed E-state index contributed by atoms with van der Waals surface area (Å²) in [5, 5.41) is 11.8. The molecule has 1 aromatic rings. The van der Waals surface area contributed by atoms with Gasteiger partial charge in [0, 0.05) is 0 Å². The summed E-state index contributed by atoms with van der Waals surface area (Å²) < 4.78 is 5.10. The van der Waals surface area contributed by atoms with Crippen LogP contribution < -0.4 is 4.74 Å². The molecule has 0 saturated carbocycles. The van der Waals surface area contributed by atoms with Crippen LogP contribution in [0.2, 0.25) is 0 Å². The Morgan fingerprint density at radius 2 is 2.31 bits per heavy atom. The summed E-state index contributed by atoms with van der Waals surface area (Å²) in [5.74, 6) is -0.258. The van der Waals surface area contributed by atoms with Gasteiger partial charge in [0.2, 0.25) is 6.61 Å². The number of carboxylic acids is 1. The molecule has 0 fully saturated rings. The Morgan fingerprint density at radius 3 is 2.88 bits per heavy atom. The van der Waals surface area contributed by atoms with Crippen LogP contribution in [-0.2, 0) is 9.63 Å². The predicted octanol–water partition coefficient (Wildman–Crippen LogP) is 1.44. The first-order valence-electron chi connectivity index (χ1n) is 4.65. The summed E-state index contributed by atoms with van der Waals surface area (Å²) >= 11 is 0. The van der Waals surface area contributed by atoms with Crippen LogP contribution >= 0.6 is 0 Å². The largest absolute Gasteiger partial charge is 0.496 e. The standard InChI is InChI=1S/C11H13NO4/c1-8-5-9(3-4-10(8)15-2)6-12-16-7-11(13)14/h3-6H,7H2,1-2H3,(H,13,14). The van der Waals surface area contributed by atoms with Crippen LogP contribution in [0.25, 0.3) is 0 Å². The predicted molar refractivity (Wildman–Crippen MR) is 58.9 cm³/mol. The van der Waals surface area contributed by atoms with E-state index in [1.807, 2.05) is 19.1 Å². The highest BCUT2D eigenvalue weighted by Crippen LogP contribution is 2.17. The van der Waals surface area contributed by atoms with Gasteiger partial charge in [-0.2, -0.15) is 0 Å². The van der Waals surface area contributed by atoms with E-state index in [2.05, 4.69) is 9.99 Å². The normalized spacial score (nSPS) is 10.4. The van der Waals surface area contributed by atoms with E-state index >= 15 is 0 Å². The third-order valence-electron chi connectivity index (χ3n) is 1.88. The second-order valence-corrected chi connectivity index (χ2v) is 3.13. The van der Waals surface area contributed by atoms with Gasteiger partial charge in [-0.15, -0.1) is 0 Å². The van der Waals surface area contributed by atoms with Crippen LogP contribution in [0.3, 0.4) is 0 Å². The third-order valence-corrected chi connectivity index (χ3v) is 1.88. The van der Waals surface area contributed by atoms with E-state index in [4.69, 9.17) is 9.84 Å². The van der Waals surface area contributed by atoms with E-state index in [0.717, 1.165) is 16.9 Å². The van der Waals surface area contributed by atoms with E-state index in [-0.39, 0.29) is 0 Å². The lowest BCUT2D eigenvalue weighted by molar-refractivity contribution is -0.142. The molecule has 0 aliphatic rings. The van der Waals surface area contributed by atoms with Gasteiger partial charge < -0.3 is 14.7 Å². The molecule has 0 saturated heterocycles. The number of aliphatic carboxylic acids is 1. The van der Waals surface area contributed by atoms with Crippen molar-refractivity contribution in [2.24, 2.45) is 5.16 Å². The van der Waals surface area contributed by atoms with Crippen LogP contribution in [-0.4, -0.2) is 31.0 Å². The maximum atomic E-state index is 10.1.